The normalized spacial score (nSPS) is 10.2. The third kappa shape index (κ3) is 1.99. The Morgan fingerprint density at radius 1 is 1.62 bits per heavy atom. The first-order chi connectivity index (χ1) is 6.36. The Balaban J connectivity index is 1.97. The zero-order valence-corrected chi connectivity index (χ0v) is 8.10. The van der Waals surface area contributed by atoms with Crippen molar-refractivity contribution in [3.8, 4) is 0 Å². The van der Waals surface area contributed by atoms with Crippen LogP contribution >= 0.6 is 22.9 Å². The lowest BCUT2D eigenvalue weighted by molar-refractivity contribution is 0.565. The fourth-order valence-electron chi connectivity index (χ4n) is 0.857. The Labute approximate surface area is 83.5 Å². The highest BCUT2D eigenvalue weighted by Crippen LogP contribution is 2.22. The number of nitrogens with zero attached hydrogens (tertiary/aromatic N) is 2. The van der Waals surface area contributed by atoms with E-state index >= 15 is 0 Å². The molecule has 0 aliphatic heterocycles. The first-order valence-corrected chi connectivity index (χ1v) is 4.84. The molecule has 2 rings (SSSR count). The molecular weight excluding hydrogens is 210 g/mol. The average Bonchev–Trinajstić information content (AvgIpc) is 2.72. The van der Waals surface area contributed by atoms with Crippen LogP contribution in [0.15, 0.2) is 22.3 Å². The number of hydrogen-bond donors (Lipinski definition) is 1. The van der Waals surface area contributed by atoms with Crippen molar-refractivity contribution in [2.24, 2.45) is 0 Å². The lowest BCUT2D eigenvalue weighted by Crippen LogP contribution is -1.97. The van der Waals surface area contributed by atoms with Gasteiger partial charge in [0.1, 0.15) is 0 Å². The first kappa shape index (κ1) is 8.52. The van der Waals surface area contributed by atoms with Gasteiger partial charge in [0.2, 0.25) is 6.39 Å². The van der Waals surface area contributed by atoms with Gasteiger partial charge in [-0.25, -0.2) is 0 Å². The highest BCUT2D eigenvalue weighted by Gasteiger charge is 2.02. The van der Waals surface area contributed by atoms with E-state index in [0.717, 1.165) is 9.90 Å². The largest absolute Gasteiger partial charge is 0.411 e. The van der Waals surface area contributed by atoms with Crippen molar-refractivity contribution in [3.05, 3.63) is 27.7 Å². The van der Waals surface area contributed by atoms with Crippen LogP contribution in [0.2, 0.25) is 5.02 Å². The summed E-state index contributed by atoms with van der Waals surface area (Å²) in [4.78, 5) is 1.06. The molecule has 2 aromatic rings. The lowest BCUT2D eigenvalue weighted by atomic mass is 10.4. The summed E-state index contributed by atoms with van der Waals surface area (Å²) in [6, 6.07) is 2.27. The van der Waals surface area contributed by atoms with Crippen molar-refractivity contribution in [2.75, 3.05) is 5.32 Å². The quantitative estimate of drug-likeness (QED) is 0.854. The maximum absolute atomic E-state index is 5.88. The Hall–Kier alpha value is -1.07. The second-order valence-electron chi connectivity index (χ2n) is 2.29. The fourth-order valence-corrected chi connectivity index (χ4v) is 1.90. The van der Waals surface area contributed by atoms with Crippen molar-refractivity contribution < 1.29 is 4.42 Å². The summed E-state index contributed by atoms with van der Waals surface area (Å²) in [7, 11) is 0. The SMILES string of the molecule is Clc1ccsc1CNc1nnco1. The zero-order valence-electron chi connectivity index (χ0n) is 6.53. The molecule has 4 nitrogen and oxygen atoms in total. The van der Waals surface area contributed by atoms with Crippen LogP contribution in [0, 0.1) is 0 Å². The van der Waals surface area contributed by atoms with Crippen molar-refractivity contribution in [2.45, 2.75) is 6.54 Å². The zero-order chi connectivity index (χ0) is 9.10. The highest BCUT2D eigenvalue weighted by molar-refractivity contribution is 7.10. The minimum absolute atomic E-state index is 0.407. The maximum Gasteiger partial charge on any atom is 0.315 e. The topological polar surface area (TPSA) is 51.0 Å². The van der Waals surface area contributed by atoms with E-state index in [1.165, 1.54) is 6.39 Å². The molecule has 0 bridgehead atoms. The molecule has 0 saturated heterocycles. The van der Waals surface area contributed by atoms with Gasteiger partial charge in [-0.05, 0) is 11.4 Å². The Bertz CT molecular complexity index is 373. The molecule has 0 saturated carbocycles. The van der Waals surface area contributed by atoms with Crippen LogP contribution in [0.3, 0.4) is 0 Å². The van der Waals surface area contributed by atoms with Gasteiger partial charge < -0.3 is 9.73 Å². The number of nitrogens with one attached hydrogen (secondary N) is 1. The molecule has 0 spiro atoms. The summed E-state index contributed by atoms with van der Waals surface area (Å²) in [5.41, 5.74) is 0. The van der Waals surface area contributed by atoms with Gasteiger partial charge in [0.15, 0.2) is 0 Å². The summed E-state index contributed by atoms with van der Waals surface area (Å²) < 4.78 is 4.90. The molecule has 0 atom stereocenters. The summed E-state index contributed by atoms with van der Waals surface area (Å²) >= 11 is 7.47. The number of rotatable bonds is 3. The maximum atomic E-state index is 5.88. The van der Waals surface area contributed by atoms with Crippen LogP contribution in [0.5, 0.6) is 0 Å². The Morgan fingerprint density at radius 2 is 2.54 bits per heavy atom. The van der Waals surface area contributed by atoms with Crippen molar-refractivity contribution >= 4 is 29.0 Å². The average molecular weight is 216 g/mol. The van der Waals surface area contributed by atoms with Crippen molar-refractivity contribution in [3.63, 3.8) is 0 Å². The van der Waals surface area contributed by atoms with E-state index in [9.17, 15) is 0 Å². The van der Waals surface area contributed by atoms with E-state index < -0.39 is 0 Å². The molecule has 68 valence electrons. The smallest absolute Gasteiger partial charge is 0.315 e. The van der Waals surface area contributed by atoms with E-state index in [1.54, 1.807) is 11.3 Å². The fraction of sp³-hybridized carbons (Fsp3) is 0.143. The summed E-state index contributed by atoms with van der Waals surface area (Å²) in [6.07, 6.45) is 1.28. The minimum atomic E-state index is 0.407. The lowest BCUT2D eigenvalue weighted by Gasteiger charge is -1.97. The van der Waals surface area contributed by atoms with Gasteiger partial charge in [-0.3, -0.25) is 0 Å². The van der Waals surface area contributed by atoms with Gasteiger partial charge in [0.25, 0.3) is 0 Å². The van der Waals surface area contributed by atoms with Crippen LogP contribution in [0.1, 0.15) is 4.88 Å². The van der Waals surface area contributed by atoms with Gasteiger partial charge in [-0.1, -0.05) is 16.7 Å². The van der Waals surface area contributed by atoms with E-state index in [2.05, 4.69) is 15.5 Å². The van der Waals surface area contributed by atoms with E-state index in [1.807, 2.05) is 11.4 Å². The highest BCUT2D eigenvalue weighted by atomic mass is 35.5. The number of aromatic nitrogens is 2. The van der Waals surface area contributed by atoms with Crippen LogP contribution in [0.4, 0.5) is 6.01 Å². The molecule has 2 aromatic heterocycles. The van der Waals surface area contributed by atoms with Crippen LogP contribution in [-0.2, 0) is 6.54 Å². The molecule has 0 radical (unpaired) electrons. The predicted molar refractivity (Wildman–Crippen MR) is 51.0 cm³/mol. The third-order valence-electron chi connectivity index (χ3n) is 1.45. The van der Waals surface area contributed by atoms with Crippen LogP contribution < -0.4 is 5.32 Å². The first-order valence-electron chi connectivity index (χ1n) is 3.58. The second-order valence-corrected chi connectivity index (χ2v) is 3.70. The monoisotopic (exact) mass is 215 g/mol. The molecule has 13 heavy (non-hydrogen) atoms. The molecule has 6 heteroatoms. The number of hydrogen-bond acceptors (Lipinski definition) is 5. The molecule has 0 unspecified atom stereocenters. The molecule has 0 fully saturated rings. The van der Waals surface area contributed by atoms with E-state index in [-0.39, 0.29) is 0 Å². The second kappa shape index (κ2) is 3.76. The molecule has 0 aromatic carbocycles. The van der Waals surface area contributed by atoms with Gasteiger partial charge >= 0.3 is 6.01 Å². The standard InChI is InChI=1S/C7H6ClN3OS/c8-5-1-2-13-6(5)3-9-7-11-10-4-12-7/h1-2,4H,3H2,(H,9,11). The summed E-state index contributed by atoms with van der Waals surface area (Å²) in [6.45, 7) is 0.610. The number of halogens is 1. The molecule has 1 N–H and O–H groups in total. The predicted octanol–water partition coefficient (Wildman–Crippen LogP) is 2.40. The Kier molecular flexibility index (Phi) is 2.47. The van der Waals surface area contributed by atoms with E-state index in [4.69, 9.17) is 16.0 Å². The van der Waals surface area contributed by atoms with Gasteiger partial charge in [0.05, 0.1) is 11.6 Å². The third-order valence-corrected chi connectivity index (χ3v) is 2.84. The number of anilines is 1. The summed E-state index contributed by atoms with van der Waals surface area (Å²) in [5, 5.41) is 12.9. The van der Waals surface area contributed by atoms with Crippen molar-refractivity contribution in [1.29, 1.82) is 0 Å². The van der Waals surface area contributed by atoms with Gasteiger partial charge in [0, 0.05) is 4.88 Å². The summed E-state index contributed by atoms with van der Waals surface area (Å²) in [5.74, 6) is 0. The molecule has 0 aliphatic rings. The molecular formula is C7H6ClN3OS. The minimum Gasteiger partial charge on any atom is -0.411 e. The molecule has 0 amide bonds. The van der Waals surface area contributed by atoms with Crippen LogP contribution in [-0.4, -0.2) is 10.2 Å². The van der Waals surface area contributed by atoms with Crippen molar-refractivity contribution in [1.82, 2.24) is 10.2 Å². The van der Waals surface area contributed by atoms with Crippen LogP contribution in [0.25, 0.3) is 0 Å². The van der Waals surface area contributed by atoms with E-state index in [0.29, 0.717) is 12.6 Å². The Morgan fingerprint density at radius 3 is 3.15 bits per heavy atom. The van der Waals surface area contributed by atoms with Gasteiger partial charge in [-0.2, -0.15) is 0 Å². The van der Waals surface area contributed by atoms with Gasteiger partial charge in [-0.15, -0.1) is 16.4 Å². The molecule has 2 heterocycles. The number of thiophene rings is 1. The molecule has 0 aliphatic carbocycles.